The molecule has 0 radical (unpaired) electrons. The number of nitrogens with one attached hydrogen (secondary N) is 2. The lowest BCUT2D eigenvalue weighted by atomic mass is 10.1. The van der Waals surface area contributed by atoms with E-state index in [1.54, 1.807) is 7.11 Å². The van der Waals surface area contributed by atoms with E-state index in [9.17, 15) is 9.59 Å². The van der Waals surface area contributed by atoms with Crippen LogP contribution < -0.4 is 10.6 Å². The van der Waals surface area contributed by atoms with Crippen LogP contribution in [0.3, 0.4) is 0 Å². The van der Waals surface area contributed by atoms with Gasteiger partial charge in [-0.25, -0.2) is 9.59 Å². The van der Waals surface area contributed by atoms with Crippen molar-refractivity contribution in [2.24, 2.45) is 0 Å². The molecule has 0 saturated heterocycles. The number of hydrogen-bond donors (Lipinski definition) is 3. The molecule has 0 saturated carbocycles. The Hall–Kier alpha value is -1.30. The number of carbonyl (C=O) groups excluding carboxylic acids is 1. The fourth-order valence-electron chi connectivity index (χ4n) is 1.14. The van der Waals surface area contributed by atoms with Gasteiger partial charge >= 0.3 is 12.0 Å². The van der Waals surface area contributed by atoms with Gasteiger partial charge in [0, 0.05) is 20.3 Å². The zero-order valence-corrected chi connectivity index (χ0v) is 9.78. The van der Waals surface area contributed by atoms with Gasteiger partial charge < -0.3 is 20.5 Å². The zero-order valence-electron chi connectivity index (χ0n) is 9.78. The van der Waals surface area contributed by atoms with E-state index in [4.69, 9.17) is 9.84 Å². The van der Waals surface area contributed by atoms with Crippen LogP contribution in [0.5, 0.6) is 0 Å². The molecule has 16 heavy (non-hydrogen) atoms. The van der Waals surface area contributed by atoms with E-state index >= 15 is 0 Å². The first-order valence-corrected chi connectivity index (χ1v) is 5.38. The van der Waals surface area contributed by atoms with E-state index in [2.05, 4.69) is 10.6 Å². The van der Waals surface area contributed by atoms with Gasteiger partial charge in [-0.3, -0.25) is 0 Å². The van der Waals surface area contributed by atoms with Crippen molar-refractivity contribution in [3.05, 3.63) is 0 Å². The SMILES string of the molecule is CCCNC(=O)NC(CCCOC)C(=O)O. The number of carboxylic acid groups (broad SMARTS) is 1. The number of hydrogen-bond acceptors (Lipinski definition) is 3. The Morgan fingerprint density at radius 1 is 1.44 bits per heavy atom. The van der Waals surface area contributed by atoms with Crippen molar-refractivity contribution in [3.63, 3.8) is 0 Å². The molecule has 0 spiro atoms. The Bertz CT molecular complexity index is 221. The second kappa shape index (κ2) is 8.96. The lowest BCUT2D eigenvalue weighted by Gasteiger charge is -2.14. The first-order valence-electron chi connectivity index (χ1n) is 5.38. The second-order valence-electron chi connectivity index (χ2n) is 3.43. The van der Waals surface area contributed by atoms with E-state index in [1.807, 2.05) is 6.92 Å². The van der Waals surface area contributed by atoms with Crippen LogP contribution in [0.2, 0.25) is 0 Å². The molecule has 3 N–H and O–H groups in total. The highest BCUT2D eigenvalue weighted by molar-refractivity contribution is 5.82. The number of carbonyl (C=O) groups is 2. The van der Waals surface area contributed by atoms with Gasteiger partial charge in [0.25, 0.3) is 0 Å². The molecule has 6 heteroatoms. The first kappa shape index (κ1) is 14.7. The lowest BCUT2D eigenvalue weighted by Crippen LogP contribution is -2.46. The minimum Gasteiger partial charge on any atom is -0.480 e. The van der Waals surface area contributed by atoms with Gasteiger partial charge in [-0.2, -0.15) is 0 Å². The summed E-state index contributed by atoms with van der Waals surface area (Å²) in [5, 5.41) is 13.8. The number of aliphatic carboxylic acids is 1. The number of ether oxygens (including phenoxy) is 1. The number of urea groups is 1. The maximum absolute atomic E-state index is 11.2. The summed E-state index contributed by atoms with van der Waals surface area (Å²) in [7, 11) is 1.55. The van der Waals surface area contributed by atoms with Crippen LogP contribution in [0.25, 0.3) is 0 Å². The maximum atomic E-state index is 11.2. The van der Waals surface area contributed by atoms with Crippen molar-refractivity contribution in [3.8, 4) is 0 Å². The molecule has 2 amide bonds. The molecule has 1 atom stereocenters. The van der Waals surface area contributed by atoms with Crippen molar-refractivity contribution < 1.29 is 19.4 Å². The van der Waals surface area contributed by atoms with Crippen molar-refractivity contribution in [2.75, 3.05) is 20.3 Å². The summed E-state index contributed by atoms with van der Waals surface area (Å²) in [6, 6.07) is -1.29. The normalized spacial score (nSPS) is 11.9. The predicted octanol–water partition coefficient (Wildman–Crippen LogP) is 0.575. The molecule has 0 heterocycles. The monoisotopic (exact) mass is 232 g/mol. The van der Waals surface area contributed by atoms with Crippen LogP contribution >= 0.6 is 0 Å². The average Bonchev–Trinajstić information content (AvgIpc) is 2.25. The Kier molecular flexibility index (Phi) is 8.24. The number of methoxy groups -OCH3 is 1. The fourth-order valence-corrected chi connectivity index (χ4v) is 1.14. The van der Waals surface area contributed by atoms with Crippen LogP contribution in [0, 0.1) is 0 Å². The minimum absolute atomic E-state index is 0.364. The van der Waals surface area contributed by atoms with E-state index in [0.717, 1.165) is 6.42 Å². The fraction of sp³-hybridized carbons (Fsp3) is 0.800. The molecule has 0 bridgehead atoms. The third-order valence-corrected chi connectivity index (χ3v) is 1.98. The molecule has 6 nitrogen and oxygen atoms in total. The largest absolute Gasteiger partial charge is 0.480 e. The third-order valence-electron chi connectivity index (χ3n) is 1.98. The standard InChI is InChI=1S/C10H20N2O4/c1-3-6-11-10(15)12-8(9(13)14)5-4-7-16-2/h8H,3-7H2,1-2H3,(H,13,14)(H2,11,12,15). The Balaban J connectivity index is 3.92. The molecular formula is C10H20N2O4. The van der Waals surface area contributed by atoms with Crippen molar-refractivity contribution in [2.45, 2.75) is 32.2 Å². The van der Waals surface area contributed by atoms with E-state index in [1.165, 1.54) is 0 Å². The van der Waals surface area contributed by atoms with Crippen LogP contribution in [0.1, 0.15) is 26.2 Å². The smallest absolute Gasteiger partial charge is 0.326 e. The van der Waals surface area contributed by atoms with Gasteiger partial charge in [0.05, 0.1) is 0 Å². The van der Waals surface area contributed by atoms with Gasteiger partial charge in [0.15, 0.2) is 0 Å². The molecule has 0 aromatic rings. The summed E-state index contributed by atoms with van der Waals surface area (Å²) >= 11 is 0. The summed E-state index contributed by atoms with van der Waals surface area (Å²) in [4.78, 5) is 22.1. The van der Waals surface area contributed by atoms with Crippen LogP contribution in [-0.2, 0) is 9.53 Å². The molecule has 0 fully saturated rings. The molecule has 0 aromatic carbocycles. The van der Waals surface area contributed by atoms with E-state index in [-0.39, 0.29) is 0 Å². The molecular weight excluding hydrogens is 212 g/mol. The molecule has 0 aliphatic carbocycles. The summed E-state index contributed by atoms with van der Waals surface area (Å²) in [5.41, 5.74) is 0. The Labute approximate surface area is 95.4 Å². The summed E-state index contributed by atoms with van der Waals surface area (Å²) in [5.74, 6) is -1.03. The summed E-state index contributed by atoms with van der Waals surface area (Å²) in [6.07, 6.45) is 1.78. The molecule has 94 valence electrons. The number of rotatable bonds is 8. The second-order valence-corrected chi connectivity index (χ2v) is 3.43. The van der Waals surface area contributed by atoms with Gasteiger partial charge in [0.2, 0.25) is 0 Å². The molecule has 0 aliphatic rings. The lowest BCUT2D eigenvalue weighted by molar-refractivity contribution is -0.139. The van der Waals surface area contributed by atoms with Crippen molar-refractivity contribution >= 4 is 12.0 Å². The van der Waals surface area contributed by atoms with Crippen LogP contribution in [-0.4, -0.2) is 43.4 Å². The topological polar surface area (TPSA) is 87.7 Å². The molecule has 0 aromatic heterocycles. The molecule has 0 aliphatic heterocycles. The predicted molar refractivity (Wildman–Crippen MR) is 59.4 cm³/mol. The van der Waals surface area contributed by atoms with Crippen LogP contribution in [0.15, 0.2) is 0 Å². The average molecular weight is 232 g/mol. The van der Waals surface area contributed by atoms with Gasteiger partial charge in [-0.1, -0.05) is 6.92 Å². The highest BCUT2D eigenvalue weighted by Crippen LogP contribution is 1.98. The third kappa shape index (κ3) is 7.05. The summed E-state index contributed by atoms with van der Waals surface area (Å²) in [6.45, 7) is 2.95. The highest BCUT2D eigenvalue weighted by atomic mass is 16.5. The first-order chi connectivity index (χ1) is 7.61. The van der Waals surface area contributed by atoms with E-state index < -0.39 is 18.0 Å². The maximum Gasteiger partial charge on any atom is 0.326 e. The quantitative estimate of drug-likeness (QED) is 0.534. The van der Waals surface area contributed by atoms with Crippen LogP contribution in [0.4, 0.5) is 4.79 Å². The molecule has 0 rings (SSSR count). The number of amides is 2. The van der Waals surface area contributed by atoms with Gasteiger partial charge in [-0.05, 0) is 19.3 Å². The van der Waals surface area contributed by atoms with E-state index in [0.29, 0.717) is 26.0 Å². The van der Waals surface area contributed by atoms with Gasteiger partial charge in [0.1, 0.15) is 6.04 Å². The highest BCUT2D eigenvalue weighted by Gasteiger charge is 2.18. The number of carboxylic acids is 1. The van der Waals surface area contributed by atoms with Gasteiger partial charge in [-0.15, -0.1) is 0 Å². The molecule has 1 unspecified atom stereocenters. The summed E-state index contributed by atoms with van der Waals surface area (Å²) < 4.78 is 4.82. The van der Waals surface area contributed by atoms with Crippen molar-refractivity contribution in [1.82, 2.24) is 10.6 Å². The Morgan fingerprint density at radius 3 is 2.62 bits per heavy atom. The zero-order chi connectivity index (χ0) is 12.4. The minimum atomic E-state index is -1.03. The van der Waals surface area contributed by atoms with Crippen molar-refractivity contribution in [1.29, 1.82) is 0 Å². The Morgan fingerprint density at radius 2 is 2.12 bits per heavy atom.